The molecule has 6 heteroatoms. The Morgan fingerprint density at radius 3 is 2.63 bits per heavy atom. The number of hydrogen-bond donors (Lipinski definition) is 2. The molecule has 0 aliphatic heterocycles. The summed E-state index contributed by atoms with van der Waals surface area (Å²) in [7, 11) is 0. The van der Waals surface area contributed by atoms with Gasteiger partial charge in [0.2, 0.25) is 0 Å². The molecule has 1 atom stereocenters. The Morgan fingerprint density at radius 2 is 1.89 bits per heavy atom. The quantitative estimate of drug-likeness (QED) is 0.796. The van der Waals surface area contributed by atoms with Gasteiger partial charge in [-0.05, 0) is 67.5 Å². The van der Waals surface area contributed by atoms with Crippen LogP contribution in [0.3, 0.4) is 0 Å². The van der Waals surface area contributed by atoms with Crippen LogP contribution in [0.1, 0.15) is 52.9 Å². The van der Waals surface area contributed by atoms with Crippen LogP contribution in [0.2, 0.25) is 5.02 Å². The van der Waals surface area contributed by atoms with Gasteiger partial charge in [0.05, 0.1) is 11.6 Å². The van der Waals surface area contributed by atoms with Crippen molar-refractivity contribution in [2.24, 2.45) is 5.73 Å². The highest BCUT2D eigenvalue weighted by atomic mass is 35.5. The van der Waals surface area contributed by atoms with Crippen molar-refractivity contribution in [3.8, 4) is 5.75 Å². The number of nitrogens with one attached hydrogen (secondary N) is 1. The van der Waals surface area contributed by atoms with E-state index in [9.17, 15) is 9.59 Å². The summed E-state index contributed by atoms with van der Waals surface area (Å²) >= 11 is 5.87. The van der Waals surface area contributed by atoms with E-state index in [1.807, 2.05) is 6.92 Å². The highest BCUT2D eigenvalue weighted by Gasteiger charge is 2.16. The number of ether oxygens (including phenoxy) is 1. The second kappa shape index (κ2) is 8.44. The van der Waals surface area contributed by atoms with Crippen molar-refractivity contribution in [2.75, 3.05) is 6.61 Å². The molecular formula is C21H23ClN2O3. The number of rotatable bonds is 6. The average Bonchev–Trinajstić information content (AvgIpc) is 2.66. The summed E-state index contributed by atoms with van der Waals surface area (Å²) in [4.78, 5) is 23.7. The molecule has 0 spiro atoms. The minimum Gasteiger partial charge on any atom is -0.483 e. The first-order valence-electron chi connectivity index (χ1n) is 9.07. The van der Waals surface area contributed by atoms with Crippen molar-refractivity contribution in [1.82, 2.24) is 5.32 Å². The van der Waals surface area contributed by atoms with Gasteiger partial charge >= 0.3 is 0 Å². The van der Waals surface area contributed by atoms with Crippen LogP contribution in [0.5, 0.6) is 5.75 Å². The maximum atomic E-state index is 12.3. The fourth-order valence-corrected chi connectivity index (χ4v) is 3.53. The second-order valence-electron chi connectivity index (χ2n) is 6.82. The number of halogens is 1. The Kier molecular flexibility index (Phi) is 6.01. The largest absolute Gasteiger partial charge is 0.483 e. The van der Waals surface area contributed by atoms with Crippen molar-refractivity contribution < 1.29 is 14.3 Å². The number of nitrogens with two attached hydrogens (primary N) is 1. The third-order valence-corrected chi connectivity index (χ3v) is 5.05. The van der Waals surface area contributed by atoms with Crippen LogP contribution in [-0.2, 0) is 17.6 Å². The standard InChI is InChI=1S/C21H23ClN2O3/c1-13(15-7-6-14-4-2-3-5-16(14)10-15)24-20(25)12-27-19-9-8-17(22)11-18(19)21(23)26/h6-11,13H,2-5,12H2,1H3,(H2,23,26)(H,24,25)/t13-/m1/s1. The second-order valence-corrected chi connectivity index (χ2v) is 7.25. The van der Waals surface area contributed by atoms with Crippen molar-refractivity contribution in [2.45, 2.75) is 38.6 Å². The number of fused-ring (bicyclic) bond motifs is 1. The summed E-state index contributed by atoms with van der Waals surface area (Å²) in [5.41, 5.74) is 9.34. The molecule has 0 heterocycles. The summed E-state index contributed by atoms with van der Waals surface area (Å²) < 4.78 is 5.47. The maximum Gasteiger partial charge on any atom is 0.258 e. The SMILES string of the molecule is C[C@@H](NC(=O)COc1ccc(Cl)cc1C(N)=O)c1ccc2c(c1)CCCC2. The molecule has 2 amide bonds. The lowest BCUT2D eigenvalue weighted by molar-refractivity contribution is -0.123. The van der Waals surface area contributed by atoms with Crippen LogP contribution in [0.4, 0.5) is 0 Å². The number of amides is 2. The van der Waals surface area contributed by atoms with E-state index in [-0.39, 0.29) is 29.9 Å². The molecular weight excluding hydrogens is 364 g/mol. The Balaban J connectivity index is 1.60. The van der Waals surface area contributed by atoms with Gasteiger partial charge in [-0.25, -0.2) is 0 Å². The molecule has 0 fully saturated rings. The molecule has 0 saturated carbocycles. The van der Waals surface area contributed by atoms with Crippen molar-refractivity contribution in [3.63, 3.8) is 0 Å². The fourth-order valence-electron chi connectivity index (χ4n) is 3.35. The lowest BCUT2D eigenvalue weighted by Gasteiger charge is -2.20. The van der Waals surface area contributed by atoms with E-state index in [0.29, 0.717) is 5.02 Å². The van der Waals surface area contributed by atoms with Gasteiger partial charge in [-0.2, -0.15) is 0 Å². The van der Waals surface area contributed by atoms with Crippen molar-refractivity contribution >= 4 is 23.4 Å². The number of carbonyl (C=O) groups excluding carboxylic acids is 2. The predicted molar refractivity (Wildman–Crippen MR) is 105 cm³/mol. The number of benzene rings is 2. The van der Waals surface area contributed by atoms with Crippen LogP contribution in [0, 0.1) is 0 Å². The predicted octanol–water partition coefficient (Wildman–Crippen LogP) is 3.57. The zero-order valence-corrected chi connectivity index (χ0v) is 16.0. The highest BCUT2D eigenvalue weighted by molar-refractivity contribution is 6.31. The molecule has 3 rings (SSSR count). The molecule has 1 aliphatic carbocycles. The molecule has 0 unspecified atom stereocenters. The molecule has 0 saturated heterocycles. The monoisotopic (exact) mass is 386 g/mol. The normalized spacial score (nSPS) is 14.1. The van der Waals surface area contributed by atoms with Crippen LogP contribution in [0.25, 0.3) is 0 Å². The van der Waals surface area contributed by atoms with Gasteiger partial charge in [0, 0.05) is 5.02 Å². The van der Waals surface area contributed by atoms with Crippen molar-refractivity contribution in [1.29, 1.82) is 0 Å². The minimum absolute atomic E-state index is 0.130. The molecule has 27 heavy (non-hydrogen) atoms. The molecule has 0 aromatic heterocycles. The third-order valence-electron chi connectivity index (χ3n) is 4.82. The van der Waals surface area contributed by atoms with Crippen LogP contribution in [0.15, 0.2) is 36.4 Å². The molecule has 142 valence electrons. The van der Waals surface area contributed by atoms with Gasteiger partial charge in [0.1, 0.15) is 5.75 Å². The van der Waals surface area contributed by atoms with Gasteiger partial charge in [-0.15, -0.1) is 0 Å². The number of primary amides is 1. The lowest BCUT2D eigenvalue weighted by Crippen LogP contribution is -2.31. The van der Waals surface area contributed by atoms with Crippen molar-refractivity contribution in [3.05, 3.63) is 63.7 Å². The smallest absolute Gasteiger partial charge is 0.258 e. The van der Waals surface area contributed by atoms with E-state index in [1.165, 1.54) is 36.1 Å². The molecule has 1 aliphatic rings. The Labute approximate surface area is 163 Å². The summed E-state index contributed by atoms with van der Waals surface area (Å²) in [5, 5.41) is 3.30. The first-order valence-corrected chi connectivity index (χ1v) is 9.45. The minimum atomic E-state index is -0.657. The van der Waals surface area contributed by atoms with E-state index >= 15 is 0 Å². The molecule has 5 nitrogen and oxygen atoms in total. The van der Waals surface area contributed by atoms with E-state index in [4.69, 9.17) is 22.1 Å². The Bertz CT molecular complexity index is 867. The molecule has 2 aromatic carbocycles. The van der Waals surface area contributed by atoms with Crippen LogP contribution < -0.4 is 15.8 Å². The van der Waals surface area contributed by atoms with E-state index in [2.05, 4.69) is 23.5 Å². The first kappa shape index (κ1) is 19.2. The van der Waals surface area contributed by atoms with Crippen LogP contribution >= 0.6 is 11.6 Å². The highest BCUT2D eigenvalue weighted by Crippen LogP contribution is 2.25. The molecule has 0 bridgehead atoms. The third kappa shape index (κ3) is 4.80. The van der Waals surface area contributed by atoms with Gasteiger partial charge in [-0.3, -0.25) is 9.59 Å². The fraction of sp³-hybridized carbons (Fsp3) is 0.333. The zero-order valence-electron chi connectivity index (χ0n) is 15.3. The summed E-state index contributed by atoms with van der Waals surface area (Å²) in [6.07, 6.45) is 4.69. The average molecular weight is 387 g/mol. The van der Waals surface area contributed by atoms with Gasteiger partial charge in [0.25, 0.3) is 11.8 Å². The summed E-state index contributed by atoms with van der Waals surface area (Å²) in [5.74, 6) is -0.690. The number of aryl methyl sites for hydroxylation is 2. The first-order chi connectivity index (χ1) is 12.9. The van der Waals surface area contributed by atoms with E-state index < -0.39 is 5.91 Å². The van der Waals surface area contributed by atoms with Gasteiger partial charge in [0.15, 0.2) is 6.61 Å². The molecule has 2 aromatic rings. The van der Waals surface area contributed by atoms with Gasteiger partial charge in [-0.1, -0.05) is 29.8 Å². The maximum absolute atomic E-state index is 12.3. The molecule has 0 radical (unpaired) electrons. The zero-order chi connectivity index (χ0) is 19.4. The Morgan fingerprint density at radius 1 is 1.15 bits per heavy atom. The summed E-state index contributed by atoms with van der Waals surface area (Å²) in [6, 6.07) is 10.8. The lowest BCUT2D eigenvalue weighted by atomic mass is 9.89. The topological polar surface area (TPSA) is 81.4 Å². The summed E-state index contributed by atoms with van der Waals surface area (Å²) in [6.45, 7) is 1.73. The van der Waals surface area contributed by atoms with Crippen LogP contribution in [-0.4, -0.2) is 18.4 Å². The van der Waals surface area contributed by atoms with E-state index in [1.54, 1.807) is 6.07 Å². The molecule has 3 N–H and O–H groups in total. The van der Waals surface area contributed by atoms with E-state index in [0.717, 1.165) is 18.4 Å². The number of carbonyl (C=O) groups is 2. The van der Waals surface area contributed by atoms with Gasteiger partial charge < -0.3 is 15.8 Å². The Hall–Kier alpha value is -2.53. The number of hydrogen-bond acceptors (Lipinski definition) is 3.